The zero-order valence-corrected chi connectivity index (χ0v) is 16.1. The number of thiocarbonyl (C=S) groups is 1. The number of hydrogen-bond donors (Lipinski definition) is 2. The third kappa shape index (κ3) is 4.53. The number of hydrogen-bond acceptors (Lipinski definition) is 5. The number of carbonyl (C=O) groups is 3. The number of aryl methyl sites for hydroxylation is 1. The average Bonchev–Trinajstić information content (AvgIpc) is 2.91. The number of para-hydroxylation sites is 2. The molecule has 1 fully saturated rings. The fourth-order valence-electron chi connectivity index (χ4n) is 2.61. The molecule has 6 nitrogen and oxygen atoms in total. The van der Waals surface area contributed by atoms with E-state index in [1.807, 2.05) is 31.2 Å². The van der Waals surface area contributed by atoms with Gasteiger partial charge >= 0.3 is 0 Å². The number of carbonyl (C=O) groups excluding carboxylic acids is 3. The third-order valence-electron chi connectivity index (χ3n) is 3.95. The van der Waals surface area contributed by atoms with Crippen LogP contribution >= 0.6 is 24.0 Å². The third-order valence-corrected chi connectivity index (χ3v) is 5.19. The van der Waals surface area contributed by atoms with Crippen LogP contribution in [0.5, 0.6) is 0 Å². The lowest BCUT2D eigenvalue weighted by Crippen LogP contribution is -2.38. The first kappa shape index (κ1) is 19.1. The monoisotopic (exact) mass is 399 g/mol. The number of benzene rings is 2. The lowest BCUT2D eigenvalue weighted by atomic mass is 10.2. The van der Waals surface area contributed by atoms with Gasteiger partial charge in [-0.15, -0.1) is 0 Å². The molecule has 2 aromatic carbocycles. The van der Waals surface area contributed by atoms with Gasteiger partial charge in [-0.05, 0) is 54.7 Å². The topological polar surface area (TPSA) is 78.5 Å². The number of amides is 3. The average molecular weight is 399 g/mol. The van der Waals surface area contributed by atoms with Crippen molar-refractivity contribution in [2.75, 3.05) is 10.2 Å². The zero-order chi connectivity index (χ0) is 19.4. The van der Waals surface area contributed by atoms with Crippen molar-refractivity contribution >= 4 is 57.5 Å². The Morgan fingerprint density at radius 2 is 1.78 bits per heavy atom. The molecule has 2 N–H and O–H groups in total. The largest absolute Gasteiger partial charge is 0.332 e. The van der Waals surface area contributed by atoms with Crippen LogP contribution in [-0.2, 0) is 9.59 Å². The van der Waals surface area contributed by atoms with Crippen LogP contribution in [0.25, 0.3) is 0 Å². The molecule has 138 valence electrons. The molecule has 2 aromatic rings. The van der Waals surface area contributed by atoms with Crippen LogP contribution in [-0.4, -0.2) is 27.4 Å². The summed E-state index contributed by atoms with van der Waals surface area (Å²) in [5.41, 5.74) is 2.28. The maximum atomic E-state index is 12.5. The molecule has 0 saturated carbocycles. The number of rotatable bonds is 4. The van der Waals surface area contributed by atoms with Gasteiger partial charge in [0.05, 0.1) is 5.69 Å². The second-order valence-electron chi connectivity index (χ2n) is 5.90. The molecule has 1 heterocycles. The van der Waals surface area contributed by atoms with Gasteiger partial charge in [-0.2, -0.15) is 0 Å². The summed E-state index contributed by atoms with van der Waals surface area (Å²) in [5, 5.41) is 4.51. The summed E-state index contributed by atoms with van der Waals surface area (Å²) >= 11 is 6.00. The predicted molar refractivity (Wildman–Crippen MR) is 111 cm³/mol. The van der Waals surface area contributed by atoms with Crippen molar-refractivity contribution in [3.63, 3.8) is 0 Å². The SMILES string of the molecule is Cc1ccccc1NC(=S)NC(=O)C[C@H]1SC(=O)N(c2ccccc2)C1=O. The van der Waals surface area contributed by atoms with Gasteiger partial charge in [0.1, 0.15) is 5.25 Å². The lowest BCUT2D eigenvalue weighted by molar-refractivity contribution is -0.123. The van der Waals surface area contributed by atoms with E-state index >= 15 is 0 Å². The van der Waals surface area contributed by atoms with Crippen molar-refractivity contribution in [2.24, 2.45) is 0 Å². The van der Waals surface area contributed by atoms with Gasteiger partial charge in [0.25, 0.3) is 5.24 Å². The molecule has 0 spiro atoms. The maximum absolute atomic E-state index is 12.5. The molecule has 0 radical (unpaired) electrons. The fourth-order valence-corrected chi connectivity index (χ4v) is 3.82. The van der Waals surface area contributed by atoms with Crippen molar-refractivity contribution in [1.29, 1.82) is 0 Å². The van der Waals surface area contributed by atoms with Crippen LogP contribution < -0.4 is 15.5 Å². The second kappa shape index (κ2) is 8.32. The maximum Gasteiger partial charge on any atom is 0.293 e. The summed E-state index contributed by atoms with van der Waals surface area (Å²) in [6.07, 6.45) is -0.131. The molecule has 1 aliphatic heterocycles. The molecule has 3 amide bonds. The molecule has 0 bridgehead atoms. The van der Waals surface area contributed by atoms with Gasteiger partial charge in [0.15, 0.2) is 5.11 Å². The molecule has 1 atom stereocenters. The highest BCUT2D eigenvalue weighted by molar-refractivity contribution is 8.15. The highest BCUT2D eigenvalue weighted by Crippen LogP contribution is 2.33. The Hall–Kier alpha value is -2.71. The van der Waals surface area contributed by atoms with Gasteiger partial charge < -0.3 is 10.6 Å². The van der Waals surface area contributed by atoms with Crippen LogP contribution in [0.1, 0.15) is 12.0 Å². The van der Waals surface area contributed by atoms with E-state index < -0.39 is 17.1 Å². The second-order valence-corrected chi connectivity index (χ2v) is 7.47. The summed E-state index contributed by atoms with van der Waals surface area (Å²) in [4.78, 5) is 38.1. The molecule has 8 heteroatoms. The molecule has 0 aromatic heterocycles. The van der Waals surface area contributed by atoms with Crippen molar-refractivity contribution in [3.05, 3.63) is 60.2 Å². The minimum Gasteiger partial charge on any atom is -0.332 e. The van der Waals surface area contributed by atoms with Gasteiger partial charge in [-0.25, -0.2) is 4.90 Å². The van der Waals surface area contributed by atoms with E-state index in [1.165, 1.54) is 0 Å². The summed E-state index contributed by atoms with van der Waals surface area (Å²) in [6.45, 7) is 1.92. The van der Waals surface area contributed by atoms with E-state index in [0.29, 0.717) is 5.69 Å². The van der Waals surface area contributed by atoms with E-state index in [0.717, 1.165) is 27.9 Å². The van der Waals surface area contributed by atoms with Crippen molar-refractivity contribution in [3.8, 4) is 0 Å². The molecule has 3 rings (SSSR count). The highest BCUT2D eigenvalue weighted by Gasteiger charge is 2.41. The lowest BCUT2D eigenvalue weighted by Gasteiger charge is -2.14. The number of anilines is 2. The Morgan fingerprint density at radius 1 is 1.11 bits per heavy atom. The van der Waals surface area contributed by atoms with E-state index in [4.69, 9.17) is 12.2 Å². The number of thioether (sulfide) groups is 1. The van der Waals surface area contributed by atoms with Crippen LogP contribution in [0.2, 0.25) is 0 Å². The molecule has 27 heavy (non-hydrogen) atoms. The van der Waals surface area contributed by atoms with Crippen LogP contribution in [0.15, 0.2) is 54.6 Å². The Kier molecular flexibility index (Phi) is 5.88. The first-order valence-corrected chi connectivity index (χ1v) is 9.50. The summed E-state index contributed by atoms with van der Waals surface area (Å²) in [7, 11) is 0. The normalized spacial score (nSPS) is 16.3. The fraction of sp³-hybridized carbons (Fsp3) is 0.158. The quantitative estimate of drug-likeness (QED) is 0.767. The van der Waals surface area contributed by atoms with Crippen molar-refractivity contribution in [1.82, 2.24) is 5.32 Å². The Morgan fingerprint density at radius 3 is 2.48 bits per heavy atom. The van der Waals surface area contributed by atoms with Crippen LogP contribution in [0.4, 0.5) is 16.2 Å². The standard InChI is InChI=1S/C19H17N3O3S2/c1-12-7-5-6-10-14(12)20-18(26)21-16(23)11-15-17(24)22(19(25)27-15)13-8-3-2-4-9-13/h2-10,15H,11H2,1H3,(H2,20,21,23,26)/t15-/m1/s1. The Balaban J connectivity index is 1.58. The Labute approximate surface area is 166 Å². The predicted octanol–water partition coefficient (Wildman–Crippen LogP) is 3.47. The van der Waals surface area contributed by atoms with Crippen LogP contribution in [0.3, 0.4) is 0 Å². The number of imide groups is 1. The summed E-state index contributed by atoms with van der Waals surface area (Å²) in [6, 6.07) is 16.2. The minimum atomic E-state index is -0.765. The summed E-state index contributed by atoms with van der Waals surface area (Å²) in [5.74, 6) is -0.821. The Bertz CT molecular complexity index is 902. The van der Waals surface area contributed by atoms with E-state index in [2.05, 4.69) is 10.6 Å². The molecule has 0 unspecified atom stereocenters. The summed E-state index contributed by atoms with van der Waals surface area (Å²) < 4.78 is 0. The zero-order valence-electron chi connectivity index (χ0n) is 14.5. The number of nitrogens with one attached hydrogen (secondary N) is 2. The molecule has 1 aliphatic rings. The van der Waals surface area contributed by atoms with Gasteiger partial charge in [-0.3, -0.25) is 14.4 Å². The molecule has 0 aliphatic carbocycles. The van der Waals surface area contributed by atoms with Crippen molar-refractivity contribution in [2.45, 2.75) is 18.6 Å². The smallest absolute Gasteiger partial charge is 0.293 e. The number of nitrogens with zero attached hydrogens (tertiary/aromatic N) is 1. The van der Waals surface area contributed by atoms with Crippen molar-refractivity contribution < 1.29 is 14.4 Å². The molecular formula is C19H17N3O3S2. The molecular weight excluding hydrogens is 382 g/mol. The first-order chi connectivity index (χ1) is 13.0. The van der Waals surface area contributed by atoms with E-state index in [1.54, 1.807) is 30.3 Å². The van der Waals surface area contributed by atoms with Gasteiger partial charge in [0.2, 0.25) is 11.8 Å². The van der Waals surface area contributed by atoms with Gasteiger partial charge in [-0.1, -0.05) is 36.4 Å². The molecule has 1 saturated heterocycles. The first-order valence-electron chi connectivity index (χ1n) is 8.22. The van der Waals surface area contributed by atoms with Crippen LogP contribution in [0, 0.1) is 6.92 Å². The van der Waals surface area contributed by atoms with Gasteiger partial charge in [0, 0.05) is 12.1 Å². The van der Waals surface area contributed by atoms with E-state index in [9.17, 15) is 14.4 Å². The minimum absolute atomic E-state index is 0.131. The van der Waals surface area contributed by atoms with E-state index in [-0.39, 0.29) is 16.8 Å². The highest BCUT2D eigenvalue weighted by atomic mass is 32.2.